The third kappa shape index (κ3) is 5.14. The quantitative estimate of drug-likeness (QED) is 0.724. The Labute approximate surface area is 175 Å². The first kappa shape index (κ1) is 21.7. The molecule has 2 heterocycles. The van der Waals surface area contributed by atoms with Crippen LogP contribution in [0.15, 0.2) is 24.3 Å². The average Bonchev–Trinajstić information content (AvgIpc) is 2.67. The van der Waals surface area contributed by atoms with Gasteiger partial charge in [0.05, 0.1) is 6.26 Å². The molecular weight excluding hydrogens is 384 g/mol. The average molecular weight is 417 g/mol. The van der Waals surface area contributed by atoms with E-state index in [0.29, 0.717) is 26.2 Å². The third-order valence-electron chi connectivity index (χ3n) is 5.41. The van der Waals surface area contributed by atoms with Crippen molar-refractivity contribution in [1.29, 1.82) is 0 Å². The highest BCUT2D eigenvalue weighted by molar-refractivity contribution is 7.88. The van der Waals surface area contributed by atoms with E-state index in [9.17, 15) is 8.42 Å². The molecule has 6 nitrogen and oxygen atoms in total. The topological polar surface area (TPSA) is 66.4 Å². The number of rotatable bonds is 6. The monoisotopic (exact) mass is 416 g/mol. The fourth-order valence-corrected chi connectivity index (χ4v) is 4.61. The molecule has 0 radical (unpaired) electrons. The number of benzene rings is 1. The summed E-state index contributed by atoms with van der Waals surface area (Å²) in [7, 11) is -3.16. The van der Waals surface area contributed by atoms with E-state index in [4.69, 9.17) is 9.97 Å². The van der Waals surface area contributed by atoms with Crippen molar-refractivity contribution in [3.63, 3.8) is 0 Å². The Morgan fingerprint density at radius 1 is 1.10 bits per heavy atom. The summed E-state index contributed by atoms with van der Waals surface area (Å²) in [4.78, 5) is 12.1. The minimum atomic E-state index is -3.16. The van der Waals surface area contributed by atoms with Gasteiger partial charge in [-0.05, 0) is 18.9 Å². The summed E-state index contributed by atoms with van der Waals surface area (Å²) in [5.74, 6) is 2.06. The van der Waals surface area contributed by atoms with Gasteiger partial charge in [-0.15, -0.1) is 0 Å². The van der Waals surface area contributed by atoms with Gasteiger partial charge >= 0.3 is 0 Å². The van der Waals surface area contributed by atoms with Crippen molar-refractivity contribution >= 4 is 15.8 Å². The van der Waals surface area contributed by atoms with Crippen LogP contribution in [0.1, 0.15) is 54.9 Å². The molecule has 3 rings (SSSR count). The van der Waals surface area contributed by atoms with E-state index in [2.05, 4.69) is 56.9 Å². The van der Waals surface area contributed by atoms with Crippen molar-refractivity contribution in [3.05, 3.63) is 52.5 Å². The fraction of sp³-hybridized carbons (Fsp3) is 0.545. The second-order valence-corrected chi connectivity index (χ2v) is 10.1. The maximum atomic E-state index is 11.9. The third-order valence-corrected chi connectivity index (χ3v) is 6.71. The van der Waals surface area contributed by atoms with Crippen LogP contribution in [0.4, 0.5) is 5.82 Å². The molecule has 29 heavy (non-hydrogen) atoms. The van der Waals surface area contributed by atoms with Gasteiger partial charge in [-0.25, -0.2) is 18.4 Å². The van der Waals surface area contributed by atoms with E-state index in [1.807, 2.05) is 0 Å². The predicted octanol–water partition coefficient (Wildman–Crippen LogP) is 3.14. The van der Waals surface area contributed by atoms with Gasteiger partial charge < -0.3 is 4.90 Å². The molecule has 0 bridgehead atoms. The van der Waals surface area contributed by atoms with Crippen LogP contribution in [-0.4, -0.2) is 55.1 Å². The van der Waals surface area contributed by atoms with Gasteiger partial charge in [0.2, 0.25) is 10.0 Å². The number of nitrogens with zero attached hydrogens (tertiary/aromatic N) is 4. The van der Waals surface area contributed by atoms with Gasteiger partial charge in [-0.1, -0.05) is 50.6 Å². The van der Waals surface area contributed by atoms with Crippen LogP contribution in [-0.2, 0) is 22.9 Å². The second-order valence-electron chi connectivity index (χ2n) is 8.15. The van der Waals surface area contributed by atoms with Crippen LogP contribution in [0.2, 0.25) is 0 Å². The Balaban J connectivity index is 2.00. The first-order valence-electron chi connectivity index (χ1n) is 10.3. The number of anilines is 1. The highest BCUT2D eigenvalue weighted by Crippen LogP contribution is 2.28. The lowest BCUT2D eigenvalue weighted by molar-refractivity contribution is 0.386. The summed E-state index contributed by atoms with van der Waals surface area (Å²) >= 11 is 0. The molecule has 0 unspecified atom stereocenters. The smallest absolute Gasteiger partial charge is 0.211 e. The number of hydrogen-bond acceptors (Lipinski definition) is 5. The van der Waals surface area contributed by atoms with Gasteiger partial charge in [-0.2, -0.15) is 4.31 Å². The summed E-state index contributed by atoms with van der Waals surface area (Å²) in [5.41, 5.74) is 4.74. The van der Waals surface area contributed by atoms with Crippen LogP contribution in [0.3, 0.4) is 0 Å². The maximum absolute atomic E-state index is 11.9. The minimum absolute atomic E-state index is 0.240. The Morgan fingerprint density at radius 2 is 1.79 bits per heavy atom. The molecule has 1 aromatic heterocycles. The van der Waals surface area contributed by atoms with Crippen LogP contribution in [0.5, 0.6) is 0 Å². The number of hydrogen-bond donors (Lipinski definition) is 0. The van der Waals surface area contributed by atoms with Crippen LogP contribution in [0, 0.1) is 6.92 Å². The highest BCUT2D eigenvalue weighted by Gasteiger charge is 2.27. The largest absolute Gasteiger partial charge is 0.354 e. The fourth-order valence-electron chi connectivity index (χ4n) is 3.79. The maximum Gasteiger partial charge on any atom is 0.211 e. The lowest BCUT2D eigenvalue weighted by Gasteiger charge is -2.35. The van der Waals surface area contributed by atoms with E-state index in [-0.39, 0.29) is 5.92 Å². The van der Waals surface area contributed by atoms with E-state index in [1.54, 1.807) is 4.31 Å². The first-order valence-corrected chi connectivity index (χ1v) is 12.2. The van der Waals surface area contributed by atoms with Crippen molar-refractivity contribution < 1.29 is 8.42 Å². The van der Waals surface area contributed by atoms with Gasteiger partial charge in [0.15, 0.2) is 0 Å². The van der Waals surface area contributed by atoms with Crippen molar-refractivity contribution in [1.82, 2.24) is 14.3 Å². The zero-order valence-electron chi connectivity index (χ0n) is 18.1. The Hall–Kier alpha value is -1.99. The lowest BCUT2D eigenvalue weighted by atomic mass is 10.00. The second kappa shape index (κ2) is 8.79. The summed E-state index contributed by atoms with van der Waals surface area (Å²) in [5, 5.41) is 0. The summed E-state index contributed by atoms with van der Waals surface area (Å²) in [6.45, 7) is 10.7. The SMILES string of the molecule is CCc1nc(C(C)C)nc(N2CCN(S(C)(=O)=O)CC2)c1Cc1cccc(C)c1. The number of sulfonamides is 1. The van der Waals surface area contributed by atoms with Gasteiger partial charge in [0, 0.05) is 49.8 Å². The molecule has 0 N–H and O–H groups in total. The summed E-state index contributed by atoms with van der Waals surface area (Å²) in [6.07, 6.45) is 2.91. The number of aryl methyl sites for hydroxylation is 2. The molecule has 0 aliphatic carbocycles. The zero-order chi connectivity index (χ0) is 21.2. The Kier molecular flexibility index (Phi) is 6.58. The molecule has 0 amide bonds. The molecule has 158 valence electrons. The Morgan fingerprint density at radius 3 is 2.34 bits per heavy atom. The van der Waals surface area contributed by atoms with Crippen molar-refractivity contribution in [2.24, 2.45) is 0 Å². The Bertz CT molecular complexity index is 965. The molecule has 1 saturated heterocycles. The van der Waals surface area contributed by atoms with E-state index in [1.165, 1.54) is 17.4 Å². The van der Waals surface area contributed by atoms with E-state index < -0.39 is 10.0 Å². The van der Waals surface area contributed by atoms with Gasteiger partial charge in [-0.3, -0.25) is 0 Å². The molecule has 1 aromatic carbocycles. The molecule has 1 aliphatic rings. The van der Waals surface area contributed by atoms with E-state index >= 15 is 0 Å². The van der Waals surface area contributed by atoms with Gasteiger partial charge in [0.25, 0.3) is 0 Å². The van der Waals surface area contributed by atoms with Crippen LogP contribution in [0.25, 0.3) is 0 Å². The molecule has 1 fully saturated rings. The highest BCUT2D eigenvalue weighted by atomic mass is 32.2. The summed E-state index contributed by atoms with van der Waals surface area (Å²) < 4.78 is 25.3. The predicted molar refractivity (Wildman–Crippen MR) is 118 cm³/mol. The van der Waals surface area contributed by atoms with Crippen LogP contribution >= 0.6 is 0 Å². The molecule has 0 saturated carbocycles. The number of piperazine rings is 1. The molecule has 7 heteroatoms. The minimum Gasteiger partial charge on any atom is -0.354 e. The molecule has 0 atom stereocenters. The number of aromatic nitrogens is 2. The van der Waals surface area contributed by atoms with Crippen molar-refractivity contribution in [2.45, 2.75) is 46.5 Å². The summed E-state index contributed by atoms with van der Waals surface area (Å²) in [6, 6.07) is 8.55. The zero-order valence-corrected chi connectivity index (χ0v) is 19.0. The first-order chi connectivity index (χ1) is 13.7. The van der Waals surface area contributed by atoms with Crippen molar-refractivity contribution in [2.75, 3.05) is 37.3 Å². The molecule has 2 aromatic rings. The lowest BCUT2D eigenvalue weighted by Crippen LogP contribution is -2.49. The molecular formula is C22H32N4O2S. The van der Waals surface area contributed by atoms with Crippen molar-refractivity contribution in [3.8, 4) is 0 Å². The normalized spacial score (nSPS) is 15.9. The van der Waals surface area contributed by atoms with E-state index in [0.717, 1.165) is 35.7 Å². The molecule has 0 spiro atoms. The standard InChI is InChI=1S/C22H32N4O2S/c1-6-20-19(15-18-9-7-8-17(4)14-18)22(24-21(23-20)16(2)3)25-10-12-26(13-11-25)29(5,27)28/h7-9,14,16H,6,10-13,15H2,1-5H3. The van der Waals surface area contributed by atoms with Gasteiger partial charge in [0.1, 0.15) is 11.6 Å². The molecule has 1 aliphatic heterocycles. The van der Waals surface area contributed by atoms with Crippen LogP contribution < -0.4 is 4.90 Å².